The molecule has 0 bridgehead atoms. The smallest absolute Gasteiger partial charge is 0.252 e. The third-order valence-corrected chi connectivity index (χ3v) is 6.98. The van der Waals surface area contributed by atoms with Gasteiger partial charge in [0.05, 0.1) is 18.9 Å². The van der Waals surface area contributed by atoms with E-state index in [4.69, 9.17) is 9.15 Å². The highest BCUT2D eigenvalue weighted by Gasteiger charge is 2.39. The van der Waals surface area contributed by atoms with Crippen LogP contribution in [0.1, 0.15) is 16.8 Å². The van der Waals surface area contributed by atoms with Gasteiger partial charge < -0.3 is 14.5 Å². The van der Waals surface area contributed by atoms with E-state index in [2.05, 4.69) is 5.32 Å². The first kappa shape index (κ1) is 18.5. The number of carbonyl (C=O) groups excluding carboxylic acids is 1. The summed E-state index contributed by atoms with van der Waals surface area (Å²) >= 11 is 0. The van der Waals surface area contributed by atoms with Gasteiger partial charge in [0.15, 0.2) is 0 Å². The van der Waals surface area contributed by atoms with Crippen LogP contribution >= 0.6 is 0 Å². The molecule has 1 fully saturated rings. The van der Waals surface area contributed by atoms with E-state index in [1.807, 2.05) is 0 Å². The van der Waals surface area contributed by atoms with Gasteiger partial charge >= 0.3 is 0 Å². The molecule has 8 heteroatoms. The van der Waals surface area contributed by atoms with Crippen LogP contribution in [0, 0.1) is 0 Å². The maximum atomic E-state index is 13.0. The Morgan fingerprint density at radius 2 is 2.04 bits per heavy atom. The van der Waals surface area contributed by atoms with Gasteiger partial charge in [0.25, 0.3) is 5.91 Å². The van der Waals surface area contributed by atoms with E-state index in [1.54, 1.807) is 42.5 Å². The lowest BCUT2D eigenvalue weighted by Gasteiger charge is -2.39. The average Bonchev–Trinajstić information content (AvgIpc) is 3.15. The lowest BCUT2D eigenvalue weighted by Crippen LogP contribution is -2.55. The summed E-state index contributed by atoms with van der Waals surface area (Å²) < 4.78 is 37.9. The number of fused-ring (bicyclic) bond motifs is 1. The third kappa shape index (κ3) is 3.14. The van der Waals surface area contributed by atoms with Crippen molar-refractivity contribution in [2.45, 2.75) is 17.4 Å². The Kier molecular flexibility index (Phi) is 4.82. The molecule has 0 saturated carbocycles. The van der Waals surface area contributed by atoms with Crippen molar-refractivity contribution in [3.05, 3.63) is 60.4 Å². The number of amides is 1. The largest absolute Gasteiger partial charge is 0.495 e. The summed E-state index contributed by atoms with van der Waals surface area (Å²) in [5.74, 6) is 0.0531. The van der Waals surface area contributed by atoms with Gasteiger partial charge in [-0.25, -0.2) is 8.42 Å². The van der Waals surface area contributed by atoms with Crippen molar-refractivity contribution in [3.63, 3.8) is 0 Å². The zero-order chi connectivity index (χ0) is 19.7. The molecule has 28 heavy (non-hydrogen) atoms. The molecule has 0 aliphatic carbocycles. The number of carbonyl (C=O) groups is 1. The number of hydrogen-bond donors (Lipinski definition) is 1. The van der Waals surface area contributed by atoms with E-state index in [0.717, 1.165) is 5.39 Å². The number of furan rings is 1. The molecule has 0 radical (unpaired) electrons. The summed E-state index contributed by atoms with van der Waals surface area (Å²) in [7, 11) is -2.25. The fourth-order valence-corrected chi connectivity index (χ4v) is 5.22. The van der Waals surface area contributed by atoms with E-state index in [1.165, 1.54) is 23.7 Å². The van der Waals surface area contributed by atoms with Crippen LogP contribution in [0.5, 0.6) is 5.75 Å². The zero-order valence-electron chi connectivity index (χ0n) is 15.3. The predicted molar refractivity (Wildman–Crippen MR) is 104 cm³/mol. The van der Waals surface area contributed by atoms with E-state index in [9.17, 15) is 13.2 Å². The first-order chi connectivity index (χ1) is 13.5. The lowest BCUT2D eigenvalue weighted by atomic mass is 10.1. The maximum Gasteiger partial charge on any atom is 0.252 e. The number of methoxy groups -OCH3 is 1. The second-order valence-corrected chi connectivity index (χ2v) is 8.42. The molecule has 1 amide bonds. The minimum atomic E-state index is -3.69. The van der Waals surface area contributed by atoms with Crippen LogP contribution in [0.15, 0.2) is 64.1 Å². The molecule has 1 N–H and O–H groups in total. The summed E-state index contributed by atoms with van der Waals surface area (Å²) in [4.78, 5) is 12.7. The molecule has 0 spiro atoms. The van der Waals surface area contributed by atoms with E-state index in [0.29, 0.717) is 29.9 Å². The van der Waals surface area contributed by atoms with Crippen molar-refractivity contribution in [3.8, 4) is 5.75 Å². The van der Waals surface area contributed by atoms with Gasteiger partial charge in [-0.1, -0.05) is 18.2 Å². The highest BCUT2D eigenvalue weighted by atomic mass is 32.2. The number of para-hydroxylation sites is 1. The van der Waals surface area contributed by atoms with Crippen LogP contribution in [-0.2, 0) is 10.0 Å². The standard InChI is InChI=1S/C20H20N2O5S/c1-26-18-6-2-3-8-19(18)28(24,25)22-11-9-14(22)13-21-20(23)16-5-4-7-17-15(16)10-12-27-17/h2-8,10,12,14H,9,11,13H2,1H3,(H,21,23)/t14-/m0/s1. The molecule has 3 aromatic rings. The predicted octanol–water partition coefficient (Wildman–Crippen LogP) is 2.63. The van der Waals surface area contributed by atoms with E-state index >= 15 is 0 Å². The highest BCUT2D eigenvalue weighted by Crippen LogP contribution is 2.32. The Morgan fingerprint density at radius 1 is 1.21 bits per heavy atom. The SMILES string of the molecule is COc1ccccc1S(=O)(=O)N1CC[C@H]1CNC(=O)c1cccc2occc12. The maximum absolute atomic E-state index is 13.0. The molecule has 0 unspecified atom stereocenters. The minimum absolute atomic E-state index is 0.136. The lowest BCUT2D eigenvalue weighted by molar-refractivity contribution is 0.0929. The van der Waals surface area contributed by atoms with Crippen LogP contribution in [0.2, 0.25) is 0 Å². The van der Waals surface area contributed by atoms with Crippen LogP contribution < -0.4 is 10.1 Å². The van der Waals surface area contributed by atoms with Crippen molar-refractivity contribution < 1.29 is 22.4 Å². The normalized spacial score (nSPS) is 17.2. The molecule has 1 aliphatic rings. The summed E-state index contributed by atoms with van der Waals surface area (Å²) in [5.41, 5.74) is 1.14. The Bertz CT molecular complexity index is 1120. The summed E-state index contributed by atoms with van der Waals surface area (Å²) in [6.45, 7) is 0.652. The van der Waals surface area contributed by atoms with Crippen molar-refractivity contribution in [1.82, 2.24) is 9.62 Å². The van der Waals surface area contributed by atoms with Crippen molar-refractivity contribution in [2.75, 3.05) is 20.2 Å². The van der Waals surface area contributed by atoms with Crippen molar-refractivity contribution >= 4 is 26.9 Å². The van der Waals surface area contributed by atoms with Crippen molar-refractivity contribution in [2.24, 2.45) is 0 Å². The summed E-state index contributed by atoms with van der Waals surface area (Å²) in [5, 5.41) is 3.58. The molecule has 1 atom stereocenters. The van der Waals surface area contributed by atoms with Crippen LogP contribution in [0.4, 0.5) is 0 Å². The van der Waals surface area contributed by atoms with Gasteiger partial charge in [-0.15, -0.1) is 0 Å². The summed E-state index contributed by atoms with van der Waals surface area (Å²) in [6, 6.07) is 13.3. The molecule has 1 saturated heterocycles. The van der Waals surface area contributed by atoms with Gasteiger partial charge in [-0.05, 0) is 36.8 Å². The second kappa shape index (κ2) is 7.29. The van der Waals surface area contributed by atoms with Crippen molar-refractivity contribution in [1.29, 1.82) is 0 Å². The first-order valence-electron chi connectivity index (χ1n) is 8.91. The van der Waals surface area contributed by atoms with E-state index in [-0.39, 0.29) is 23.4 Å². The number of benzene rings is 2. The molecular formula is C20H20N2O5S. The fourth-order valence-electron chi connectivity index (χ4n) is 3.39. The molecule has 2 aromatic carbocycles. The number of sulfonamides is 1. The number of nitrogens with one attached hydrogen (secondary N) is 1. The Balaban J connectivity index is 1.48. The minimum Gasteiger partial charge on any atom is -0.495 e. The zero-order valence-corrected chi connectivity index (χ0v) is 16.1. The van der Waals surface area contributed by atoms with E-state index < -0.39 is 10.0 Å². The van der Waals surface area contributed by atoms with Gasteiger partial charge in [0.2, 0.25) is 10.0 Å². The molecule has 1 aromatic heterocycles. The number of nitrogens with zero attached hydrogens (tertiary/aromatic N) is 1. The fraction of sp³-hybridized carbons (Fsp3) is 0.250. The van der Waals surface area contributed by atoms with Crippen LogP contribution in [0.25, 0.3) is 11.0 Å². The Morgan fingerprint density at radius 3 is 2.79 bits per heavy atom. The monoisotopic (exact) mass is 400 g/mol. The highest BCUT2D eigenvalue weighted by molar-refractivity contribution is 7.89. The number of ether oxygens (including phenoxy) is 1. The first-order valence-corrected chi connectivity index (χ1v) is 10.4. The van der Waals surface area contributed by atoms with Crippen LogP contribution in [-0.4, -0.2) is 44.9 Å². The van der Waals surface area contributed by atoms with Gasteiger partial charge in [0.1, 0.15) is 16.2 Å². The quantitative estimate of drug-likeness (QED) is 0.687. The van der Waals surface area contributed by atoms with Gasteiger partial charge in [0, 0.05) is 24.5 Å². The number of rotatable bonds is 6. The molecule has 2 heterocycles. The molecule has 1 aliphatic heterocycles. The van der Waals surface area contributed by atoms with Crippen LogP contribution in [0.3, 0.4) is 0 Å². The molecule has 4 rings (SSSR count). The molecule has 7 nitrogen and oxygen atoms in total. The Hall–Kier alpha value is -2.84. The van der Waals surface area contributed by atoms with Gasteiger partial charge in [-0.3, -0.25) is 4.79 Å². The third-order valence-electron chi connectivity index (χ3n) is 4.98. The second-order valence-electron chi connectivity index (χ2n) is 6.56. The average molecular weight is 400 g/mol. The van der Waals surface area contributed by atoms with Gasteiger partial charge in [-0.2, -0.15) is 4.31 Å². The molecular weight excluding hydrogens is 380 g/mol. The Labute approximate surface area is 162 Å². The number of hydrogen-bond acceptors (Lipinski definition) is 5. The topological polar surface area (TPSA) is 88.9 Å². The summed E-state index contributed by atoms with van der Waals surface area (Å²) in [6.07, 6.45) is 2.22. The molecule has 146 valence electrons.